The molecule has 4 heteroatoms. The number of nitrogens with one attached hydrogen (secondary N) is 1. The molecular formula is C22H24ClN3. The van der Waals surface area contributed by atoms with Crippen LogP contribution in [-0.2, 0) is 0 Å². The van der Waals surface area contributed by atoms with Crippen molar-refractivity contribution in [2.45, 2.75) is 43.8 Å². The molecule has 2 aromatic carbocycles. The average Bonchev–Trinajstić information content (AvgIpc) is 2.67. The zero-order valence-corrected chi connectivity index (χ0v) is 15.5. The number of rotatable bonds is 4. The topological polar surface area (TPSA) is 50.9 Å². The molecule has 134 valence electrons. The van der Waals surface area contributed by atoms with Crippen molar-refractivity contribution < 1.29 is 0 Å². The van der Waals surface area contributed by atoms with Crippen LogP contribution in [0.3, 0.4) is 0 Å². The SMILES string of the molecule is NC1CCC(NC(c2ccccc2)c2ccnc3cc(Cl)ccc23)CC1. The highest BCUT2D eigenvalue weighted by Crippen LogP contribution is 2.31. The highest BCUT2D eigenvalue weighted by molar-refractivity contribution is 6.31. The minimum atomic E-state index is 0.127. The summed E-state index contributed by atoms with van der Waals surface area (Å²) in [6.45, 7) is 0. The first-order chi connectivity index (χ1) is 12.7. The molecule has 0 spiro atoms. The van der Waals surface area contributed by atoms with Gasteiger partial charge in [-0.15, -0.1) is 0 Å². The lowest BCUT2D eigenvalue weighted by Gasteiger charge is -2.32. The van der Waals surface area contributed by atoms with Crippen LogP contribution in [0.25, 0.3) is 10.9 Å². The molecule has 0 aliphatic heterocycles. The Morgan fingerprint density at radius 1 is 1.00 bits per heavy atom. The van der Waals surface area contributed by atoms with E-state index in [9.17, 15) is 0 Å². The predicted octanol–water partition coefficient (Wildman–Crippen LogP) is 4.84. The summed E-state index contributed by atoms with van der Waals surface area (Å²) in [5.41, 5.74) is 9.54. The Balaban J connectivity index is 1.74. The van der Waals surface area contributed by atoms with Crippen molar-refractivity contribution in [1.82, 2.24) is 10.3 Å². The molecule has 1 fully saturated rings. The van der Waals surface area contributed by atoms with Crippen molar-refractivity contribution in [3.05, 3.63) is 76.9 Å². The van der Waals surface area contributed by atoms with Gasteiger partial charge in [-0.2, -0.15) is 0 Å². The fourth-order valence-electron chi connectivity index (χ4n) is 3.93. The number of benzene rings is 2. The zero-order chi connectivity index (χ0) is 17.9. The lowest BCUT2D eigenvalue weighted by Crippen LogP contribution is -2.39. The highest BCUT2D eigenvalue weighted by Gasteiger charge is 2.24. The Hall–Kier alpha value is -1.94. The van der Waals surface area contributed by atoms with Gasteiger partial charge in [-0.3, -0.25) is 4.98 Å². The monoisotopic (exact) mass is 365 g/mol. The molecule has 0 radical (unpaired) electrons. The van der Waals surface area contributed by atoms with E-state index < -0.39 is 0 Å². The van der Waals surface area contributed by atoms with Gasteiger partial charge in [0.1, 0.15) is 0 Å². The maximum atomic E-state index is 6.17. The number of nitrogens with zero attached hydrogens (tertiary/aromatic N) is 1. The summed E-state index contributed by atoms with van der Waals surface area (Å²) in [4.78, 5) is 4.51. The molecule has 3 aromatic rings. The van der Waals surface area contributed by atoms with Crippen LogP contribution in [-0.4, -0.2) is 17.1 Å². The maximum Gasteiger partial charge on any atom is 0.0720 e. The molecule has 4 rings (SSSR count). The fourth-order valence-corrected chi connectivity index (χ4v) is 4.09. The minimum Gasteiger partial charge on any atom is -0.328 e. The quantitative estimate of drug-likeness (QED) is 0.695. The molecule has 0 amide bonds. The molecule has 1 heterocycles. The molecule has 0 saturated heterocycles. The van der Waals surface area contributed by atoms with Gasteiger partial charge in [0, 0.05) is 28.7 Å². The van der Waals surface area contributed by atoms with E-state index in [1.54, 1.807) is 0 Å². The van der Waals surface area contributed by atoms with E-state index >= 15 is 0 Å². The molecule has 3 N–H and O–H groups in total. The molecule has 26 heavy (non-hydrogen) atoms. The van der Waals surface area contributed by atoms with Crippen LogP contribution < -0.4 is 11.1 Å². The molecular weight excluding hydrogens is 342 g/mol. The van der Waals surface area contributed by atoms with E-state index in [2.05, 4.69) is 52.8 Å². The van der Waals surface area contributed by atoms with Gasteiger partial charge in [0.2, 0.25) is 0 Å². The molecule has 1 aromatic heterocycles. The minimum absolute atomic E-state index is 0.127. The first-order valence-electron chi connectivity index (χ1n) is 9.31. The molecule has 0 bridgehead atoms. The van der Waals surface area contributed by atoms with Gasteiger partial charge in [0.25, 0.3) is 0 Å². The van der Waals surface area contributed by atoms with Crippen molar-refractivity contribution in [2.24, 2.45) is 5.73 Å². The third-order valence-electron chi connectivity index (χ3n) is 5.36. The van der Waals surface area contributed by atoms with Crippen LogP contribution in [0.5, 0.6) is 0 Å². The third kappa shape index (κ3) is 3.75. The van der Waals surface area contributed by atoms with Crippen LogP contribution >= 0.6 is 11.6 Å². The second-order valence-electron chi connectivity index (χ2n) is 7.18. The van der Waals surface area contributed by atoms with Gasteiger partial charge in [-0.25, -0.2) is 0 Å². The normalized spacial score (nSPS) is 21.6. The fraction of sp³-hybridized carbons (Fsp3) is 0.318. The largest absolute Gasteiger partial charge is 0.328 e. The summed E-state index contributed by atoms with van der Waals surface area (Å²) in [6, 6.07) is 19.7. The van der Waals surface area contributed by atoms with Crippen molar-refractivity contribution in [2.75, 3.05) is 0 Å². The standard InChI is InChI=1S/C22H24ClN3/c23-16-6-11-19-20(12-13-25-21(19)14-16)22(15-4-2-1-3-5-15)26-18-9-7-17(24)8-10-18/h1-6,11-14,17-18,22,26H,7-10,24H2. The average molecular weight is 366 g/mol. The number of nitrogens with two attached hydrogens (primary N) is 1. The van der Waals surface area contributed by atoms with E-state index in [4.69, 9.17) is 17.3 Å². The number of aromatic nitrogens is 1. The number of hydrogen-bond donors (Lipinski definition) is 2. The summed E-state index contributed by atoms with van der Waals surface area (Å²) in [5.74, 6) is 0. The summed E-state index contributed by atoms with van der Waals surface area (Å²) in [7, 11) is 0. The van der Waals surface area contributed by atoms with E-state index in [1.807, 2.05) is 18.3 Å². The smallest absolute Gasteiger partial charge is 0.0720 e. The van der Waals surface area contributed by atoms with Crippen molar-refractivity contribution in [3.63, 3.8) is 0 Å². The first-order valence-corrected chi connectivity index (χ1v) is 9.69. The summed E-state index contributed by atoms with van der Waals surface area (Å²) < 4.78 is 0. The Morgan fingerprint density at radius 3 is 2.54 bits per heavy atom. The third-order valence-corrected chi connectivity index (χ3v) is 5.59. The molecule has 3 nitrogen and oxygen atoms in total. The molecule has 1 atom stereocenters. The Labute approximate surface area is 159 Å². The van der Waals surface area contributed by atoms with E-state index in [1.165, 1.54) is 11.1 Å². The van der Waals surface area contributed by atoms with Crippen molar-refractivity contribution in [3.8, 4) is 0 Å². The van der Waals surface area contributed by atoms with Crippen LogP contribution in [0.2, 0.25) is 5.02 Å². The highest BCUT2D eigenvalue weighted by atomic mass is 35.5. The number of fused-ring (bicyclic) bond motifs is 1. The lowest BCUT2D eigenvalue weighted by atomic mass is 9.89. The summed E-state index contributed by atoms with van der Waals surface area (Å²) >= 11 is 6.17. The Bertz CT molecular complexity index is 873. The van der Waals surface area contributed by atoms with E-state index in [0.717, 1.165) is 36.6 Å². The summed E-state index contributed by atoms with van der Waals surface area (Å²) in [6.07, 6.45) is 6.30. The van der Waals surface area contributed by atoms with Gasteiger partial charge < -0.3 is 11.1 Å². The number of hydrogen-bond acceptors (Lipinski definition) is 3. The van der Waals surface area contributed by atoms with Crippen LogP contribution in [0, 0.1) is 0 Å². The van der Waals surface area contributed by atoms with Crippen LogP contribution in [0.4, 0.5) is 0 Å². The molecule has 1 unspecified atom stereocenters. The van der Waals surface area contributed by atoms with Crippen molar-refractivity contribution in [1.29, 1.82) is 0 Å². The van der Waals surface area contributed by atoms with Gasteiger partial charge >= 0.3 is 0 Å². The molecule has 1 aliphatic carbocycles. The second kappa shape index (κ2) is 7.75. The number of pyridine rings is 1. The van der Waals surface area contributed by atoms with Gasteiger partial charge in [-0.05, 0) is 55.0 Å². The summed E-state index contributed by atoms with van der Waals surface area (Å²) in [5, 5.41) is 5.76. The Kier molecular flexibility index (Phi) is 5.21. The predicted molar refractivity (Wildman–Crippen MR) is 108 cm³/mol. The second-order valence-corrected chi connectivity index (χ2v) is 7.62. The van der Waals surface area contributed by atoms with Gasteiger partial charge in [0.05, 0.1) is 11.6 Å². The van der Waals surface area contributed by atoms with Gasteiger partial charge in [0.15, 0.2) is 0 Å². The van der Waals surface area contributed by atoms with E-state index in [-0.39, 0.29) is 6.04 Å². The van der Waals surface area contributed by atoms with Crippen LogP contribution in [0.1, 0.15) is 42.9 Å². The first kappa shape index (κ1) is 17.5. The molecule has 1 aliphatic rings. The Morgan fingerprint density at radius 2 is 1.77 bits per heavy atom. The van der Waals surface area contributed by atoms with Crippen LogP contribution in [0.15, 0.2) is 60.8 Å². The zero-order valence-electron chi connectivity index (χ0n) is 14.7. The maximum absolute atomic E-state index is 6.17. The van der Waals surface area contributed by atoms with Gasteiger partial charge in [-0.1, -0.05) is 48.0 Å². The van der Waals surface area contributed by atoms with E-state index in [0.29, 0.717) is 17.1 Å². The van der Waals surface area contributed by atoms with Crippen molar-refractivity contribution >= 4 is 22.5 Å². The molecule has 1 saturated carbocycles. The number of halogens is 1. The lowest BCUT2D eigenvalue weighted by molar-refractivity contribution is 0.328.